The standard InChI is InChI=1S/C17H22N4O3S/c1-5-14-19-20-15(25-14)18-16(22)21-9-11-6-7-12(23-4)8-13(11)24-17(2,3)10-21/h6-8H,5,9-10H2,1-4H3,(H,18,20,22). The molecule has 1 aliphatic rings. The van der Waals surface area contributed by atoms with Crippen LogP contribution in [0.5, 0.6) is 11.5 Å². The number of amides is 2. The zero-order valence-corrected chi connectivity index (χ0v) is 15.6. The molecule has 134 valence electrons. The highest BCUT2D eigenvalue weighted by atomic mass is 32.1. The topological polar surface area (TPSA) is 76.6 Å². The maximum absolute atomic E-state index is 12.7. The predicted molar refractivity (Wildman–Crippen MR) is 96.4 cm³/mol. The van der Waals surface area contributed by atoms with Crippen molar-refractivity contribution in [3.63, 3.8) is 0 Å². The van der Waals surface area contributed by atoms with Gasteiger partial charge in [0, 0.05) is 11.6 Å². The number of hydrogen-bond donors (Lipinski definition) is 1. The van der Waals surface area contributed by atoms with Gasteiger partial charge in [0.05, 0.1) is 20.2 Å². The minimum absolute atomic E-state index is 0.209. The molecule has 0 saturated heterocycles. The van der Waals surface area contributed by atoms with Crippen molar-refractivity contribution in [1.29, 1.82) is 0 Å². The van der Waals surface area contributed by atoms with Crippen LogP contribution in [-0.2, 0) is 13.0 Å². The second-order valence-corrected chi connectivity index (χ2v) is 7.54. The molecule has 2 amide bonds. The Bertz CT molecular complexity index is 775. The number of ether oxygens (including phenoxy) is 2. The van der Waals surface area contributed by atoms with Crippen molar-refractivity contribution < 1.29 is 14.3 Å². The van der Waals surface area contributed by atoms with Gasteiger partial charge in [0.25, 0.3) is 0 Å². The first kappa shape index (κ1) is 17.5. The number of urea groups is 1. The highest BCUT2D eigenvalue weighted by Gasteiger charge is 2.32. The smallest absolute Gasteiger partial charge is 0.324 e. The van der Waals surface area contributed by atoms with Gasteiger partial charge in [-0.2, -0.15) is 0 Å². The summed E-state index contributed by atoms with van der Waals surface area (Å²) in [5.74, 6) is 1.47. The molecule has 0 atom stereocenters. The number of aryl methyl sites for hydroxylation is 1. The molecular formula is C17H22N4O3S. The third-order valence-corrected chi connectivity index (χ3v) is 4.85. The number of hydrogen-bond acceptors (Lipinski definition) is 6. The molecule has 1 aromatic carbocycles. The van der Waals surface area contributed by atoms with E-state index >= 15 is 0 Å². The molecule has 0 radical (unpaired) electrons. The minimum atomic E-state index is -0.523. The minimum Gasteiger partial charge on any atom is -0.497 e. The van der Waals surface area contributed by atoms with Crippen molar-refractivity contribution in [1.82, 2.24) is 15.1 Å². The van der Waals surface area contributed by atoms with Crippen molar-refractivity contribution in [2.75, 3.05) is 19.0 Å². The fraction of sp³-hybridized carbons (Fsp3) is 0.471. The van der Waals surface area contributed by atoms with Crippen LogP contribution in [0.1, 0.15) is 31.3 Å². The fourth-order valence-corrected chi connectivity index (χ4v) is 3.37. The van der Waals surface area contributed by atoms with Crippen molar-refractivity contribution in [3.8, 4) is 11.5 Å². The Morgan fingerprint density at radius 2 is 2.24 bits per heavy atom. The molecule has 0 unspecified atom stereocenters. The molecule has 0 bridgehead atoms. The van der Waals surface area contributed by atoms with Gasteiger partial charge in [-0.15, -0.1) is 10.2 Å². The summed E-state index contributed by atoms with van der Waals surface area (Å²) in [5.41, 5.74) is 0.415. The number of methoxy groups -OCH3 is 1. The van der Waals surface area contributed by atoms with Gasteiger partial charge in [0.1, 0.15) is 22.1 Å². The van der Waals surface area contributed by atoms with Crippen molar-refractivity contribution in [2.24, 2.45) is 0 Å². The molecule has 25 heavy (non-hydrogen) atoms. The molecule has 0 fully saturated rings. The molecule has 7 nitrogen and oxygen atoms in total. The molecule has 2 heterocycles. The summed E-state index contributed by atoms with van der Waals surface area (Å²) in [5, 5.41) is 12.3. The van der Waals surface area contributed by atoms with Crippen LogP contribution in [0.3, 0.4) is 0 Å². The third kappa shape index (κ3) is 4.01. The highest BCUT2D eigenvalue weighted by molar-refractivity contribution is 7.15. The molecular weight excluding hydrogens is 340 g/mol. The summed E-state index contributed by atoms with van der Waals surface area (Å²) < 4.78 is 11.4. The summed E-state index contributed by atoms with van der Waals surface area (Å²) >= 11 is 1.39. The lowest BCUT2D eigenvalue weighted by Crippen LogP contribution is -2.44. The third-order valence-electron chi connectivity index (χ3n) is 3.86. The number of carbonyl (C=O) groups excluding carboxylic acids is 1. The van der Waals surface area contributed by atoms with E-state index in [0.717, 1.165) is 28.5 Å². The molecule has 0 saturated carbocycles. The maximum Gasteiger partial charge on any atom is 0.324 e. The van der Waals surface area contributed by atoms with Gasteiger partial charge >= 0.3 is 6.03 Å². The highest BCUT2D eigenvalue weighted by Crippen LogP contribution is 2.32. The van der Waals surface area contributed by atoms with E-state index in [-0.39, 0.29) is 6.03 Å². The van der Waals surface area contributed by atoms with E-state index in [0.29, 0.717) is 18.2 Å². The Morgan fingerprint density at radius 1 is 1.44 bits per heavy atom. The van der Waals surface area contributed by atoms with Crippen LogP contribution >= 0.6 is 11.3 Å². The summed E-state index contributed by atoms with van der Waals surface area (Å²) in [7, 11) is 1.62. The second-order valence-electron chi connectivity index (χ2n) is 6.48. The zero-order chi connectivity index (χ0) is 18.0. The Hall–Kier alpha value is -2.35. The van der Waals surface area contributed by atoms with Gasteiger partial charge in [0.2, 0.25) is 5.13 Å². The van der Waals surface area contributed by atoms with Crippen LogP contribution in [0.4, 0.5) is 9.93 Å². The molecule has 2 aromatic rings. The SMILES string of the molecule is CCc1nnc(NC(=O)N2Cc3ccc(OC)cc3OC(C)(C)C2)s1. The predicted octanol–water partition coefficient (Wildman–Crippen LogP) is 3.31. The number of fused-ring (bicyclic) bond motifs is 1. The largest absolute Gasteiger partial charge is 0.497 e. The molecule has 8 heteroatoms. The van der Waals surface area contributed by atoms with Crippen LogP contribution in [0.15, 0.2) is 18.2 Å². The monoisotopic (exact) mass is 362 g/mol. The zero-order valence-electron chi connectivity index (χ0n) is 14.8. The van der Waals surface area contributed by atoms with E-state index in [9.17, 15) is 4.79 Å². The van der Waals surface area contributed by atoms with Crippen LogP contribution in [0.25, 0.3) is 0 Å². The molecule has 1 N–H and O–H groups in total. The summed E-state index contributed by atoms with van der Waals surface area (Å²) in [6.07, 6.45) is 0.799. The van der Waals surface area contributed by atoms with Crippen molar-refractivity contribution >= 4 is 22.5 Å². The number of rotatable bonds is 3. The Kier molecular flexibility index (Phi) is 4.80. The number of carbonyl (C=O) groups is 1. The van der Waals surface area contributed by atoms with Crippen molar-refractivity contribution in [3.05, 3.63) is 28.8 Å². The van der Waals surface area contributed by atoms with E-state index in [2.05, 4.69) is 15.5 Å². The second kappa shape index (κ2) is 6.87. The van der Waals surface area contributed by atoms with Crippen molar-refractivity contribution in [2.45, 2.75) is 39.3 Å². The first-order valence-corrected chi connectivity index (χ1v) is 8.96. The van der Waals surface area contributed by atoms with E-state index in [1.807, 2.05) is 39.0 Å². The number of aromatic nitrogens is 2. The van der Waals surface area contributed by atoms with Gasteiger partial charge in [-0.05, 0) is 32.4 Å². The summed E-state index contributed by atoms with van der Waals surface area (Å²) in [6, 6.07) is 5.45. The lowest BCUT2D eigenvalue weighted by atomic mass is 10.1. The van der Waals surface area contributed by atoms with Gasteiger partial charge in [-0.25, -0.2) is 4.79 Å². The molecule has 1 aromatic heterocycles. The molecule has 1 aliphatic heterocycles. The van der Waals surface area contributed by atoms with E-state index in [1.165, 1.54) is 11.3 Å². The molecule has 3 rings (SSSR count). The normalized spacial score (nSPS) is 15.8. The number of nitrogens with zero attached hydrogens (tertiary/aromatic N) is 3. The Labute approximate surface area is 151 Å². The van der Waals surface area contributed by atoms with Gasteiger partial charge in [0.15, 0.2) is 0 Å². The van der Waals surface area contributed by atoms with Crippen LogP contribution in [-0.4, -0.2) is 40.4 Å². The van der Waals surface area contributed by atoms with Gasteiger partial charge in [-0.3, -0.25) is 5.32 Å². The lowest BCUT2D eigenvalue weighted by molar-refractivity contribution is 0.0833. The first-order valence-electron chi connectivity index (χ1n) is 8.14. The van der Waals surface area contributed by atoms with Crippen LogP contribution in [0, 0.1) is 0 Å². The Balaban J connectivity index is 1.81. The number of anilines is 1. The Morgan fingerprint density at radius 3 is 2.92 bits per heavy atom. The molecule has 0 aliphatic carbocycles. The molecule has 0 spiro atoms. The van der Waals surface area contributed by atoms with Crippen LogP contribution in [0.2, 0.25) is 0 Å². The van der Waals surface area contributed by atoms with E-state index in [4.69, 9.17) is 9.47 Å². The first-order chi connectivity index (χ1) is 11.9. The average molecular weight is 362 g/mol. The fourth-order valence-electron chi connectivity index (χ4n) is 2.70. The average Bonchev–Trinajstić information content (AvgIpc) is 2.96. The van der Waals surface area contributed by atoms with Crippen LogP contribution < -0.4 is 14.8 Å². The quantitative estimate of drug-likeness (QED) is 0.906. The summed E-state index contributed by atoms with van der Waals surface area (Å²) in [4.78, 5) is 14.4. The lowest BCUT2D eigenvalue weighted by Gasteiger charge is -2.29. The van der Waals surface area contributed by atoms with Gasteiger partial charge in [-0.1, -0.05) is 18.3 Å². The van der Waals surface area contributed by atoms with Gasteiger partial charge < -0.3 is 14.4 Å². The summed E-state index contributed by atoms with van der Waals surface area (Å²) in [6.45, 7) is 6.83. The maximum atomic E-state index is 12.7. The number of nitrogens with one attached hydrogen (secondary N) is 1. The van der Waals surface area contributed by atoms with E-state index < -0.39 is 5.60 Å². The van der Waals surface area contributed by atoms with E-state index in [1.54, 1.807) is 12.0 Å². The number of benzene rings is 1.